The summed E-state index contributed by atoms with van der Waals surface area (Å²) in [5.41, 5.74) is 32.9. The molecule has 0 bridgehead atoms. The summed E-state index contributed by atoms with van der Waals surface area (Å²) in [6.45, 7) is 13.7. The highest BCUT2D eigenvalue weighted by atomic mass is 16.3. The summed E-state index contributed by atoms with van der Waals surface area (Å²) in [6.07, 6.45) is 0. The molecular weight excluding hydrogens is 1260 g/mol. The van der Waals surface area contributed by atoms with Gasteiger partial charge >= 0.3 is 0 Å². The summed E-state index contributed by atoms with van der Waals surface area (Å²) in [5.74, 6) is 0. The van der Waals surface area contributed by atoms with Gasteiger partial charge in [-0.05, 0) is 168 Å². The van der Waals surface area contributed by atoms with Gasteiger partial charge in [0, 0.05) is 77.3 Å². The van der Waals surface area contributed by atoms with E-state index in [4.69, 9.17) is 8.83 Å². The Kier molecular flexibility index (Phi) is 13.8. The second kappa shape index (κ2) is 23.5. The first-order valence-electron chi connectivity index (χ1n) is 36.3. The van der Waals surface area contributed by atoms with Crippen molar-refractivity contribution < 1.29 is 8.83 Å². The van der Waals surface area contributed by atoms with Gasteiger partial charge in [-0.3, -0.25) is 0 Å². The highest BCUT2D eigenvalue weighted by Crippen LogP contribution is 2.55. The second-order valence-electron chi connectivity index (χ2n) is 30.3. The molecule has 0 N–H and O–H groups in total. The zero-order valence-electron chi connectivity index (χ0n) is 58.9. The maximum Gasteiger partial charge on any atom is 0.252 e. The molecule has 0 radical (unpaired) electrons. The molecule has 5 nitrogen and oxygen atoms in total. The third kappa shape index (κ3) is 9.76. The van der Waals surface area contributed by atoms with E-state index in [1.54, 1.807) is 0 Å². The summed E-state index contributed by atoms with van der Waals surface area (Å²) in [7, 11) is 0. The Morgan fingerprint density at radius 3 is 0.990 bits per heavy atom. The summed E-state index contributed by atoms with van der Waals surface area (Å²) in [4.78, 5) is 5.34. The molecule has 0 amide bonds. The van der Waals surface area contributed by atoms with E-state index in [9.17, 15) is 0 Å². The minimum absolute atomic E-state index is 0.0945. The molecule has 494 valence electrons. The molecular formula is C98H72BN3O2. The predicted molar refractivity (Wildman–Crippen MR) is 439 cm³/mol. The maximum absolute atomic E-state index is 6.54. The lowest BCUT2D eigenvalue weighted by atomic mass is 9.33. The van der Waals surface area contributed by atoms with Gasteiger partial charge in [0.25, 0.3) is 6.71 Å². The SMILES string of the molecule is CC(C)(C)c1ccc2c(c1)c1cc(C(C)(C)C)ccc1n2-c1cc2c3c(c1)N(c1c(-c4ccccc4)cccc1-c1ccccc1)c1ccc(-c4ccc5oc6ccccc6c5c4)cc1B3c1cc(-c3ccc4oc5ccccc5c4c3)ccc1N2c1c(-c2ccccc2)cccc1-c1ccccc1. The van der Waals surface area contributed by atoms with Crippen LogP contribution in [-0.4, -0.2) is 11.3 Å². The molecule has 0 atom stereocenters. The molecule has 104 heavy (non-hydrogen) atoms. The Morgan fingerprint density at radius 1 is 0.260 bits per heavy atom. The molecule has 2 aliphatic heterocycles. The molecule has 18 aromatic rings. The van der Waals surface area contributed by atoms with Crippen molar-refractivity contribution in [3.05, 3.63) is 339 Å². The highest BCUT2D eigenvalue weighted by molar-refractivity contribution is 7.00. The first-order chi connectivity index (χ1) is 50.8. The van der Waals surface area contributed by atoms with Gasteiger partial charge in [0.1, 0.15) is 22.3 Å². The van der Waals surface area contributed by atoms with Crippen molar-refractivity contribution in [2.24, 2.45) is 0 Å². The molecule has 5 heterocycles. The molecule has 0 aliphatic carbocycles. The molecule has 15 aromatic carbocycles. The van der Waals surface area contributed by atoms with Crippen molar-refractivity contribution in [2.45, 2.75) is 52.4 Å². The zero-order valence-corrected chi connectivity index (χ0v) is 58.9. The van der Waals surface area contributed by atoms with Crippen LogP contribution in [0.25, 0.3) is 138 Å². The largest absolute Gasteiger partial charge is 0.456 e. The fraction of sp³-hybridized carbons (Fsp3) is 0.0816. The minimum atomic E-state index is -0.321. The quantitative estimate of drug-likeness (QED) is 0.135. The van der Waals surface area contributed by atoms with Crippen molar-refractivity contribution in [2.75, 3.05) is 9.80 Å². The lowest BCUT2D eigenvalue weighted by Crippen LogP contribution is -2.61. The fourth-order valence-electron chi connectivity index (χ4n) is 17.0. The van der Waals surface area contributed by atoms with E-state index in [0.29, 0.717) is 0 Å². The van der Waals surface area contributed by atoms with Crippen molar-refractivity contribution in [3.8, 4) is 72.4 Å². The van der Waals surface area contributed by atoms with E-state index in [1.807, 2.05) is 0 Å². The van der Waals surface area contributed by atoms with Crippen molar-refractivity contribution in [1.29, 1.82) is 0 Å². The van der Waals surface area contributed by atoms with E-state index < -0.39 is 0 Å². The van der Waals surface area contributed by atoms with Gasteiger partial charge in [-0.1, -0.05) is 284 Å². The number of rotatable bonds is 9. The normalized spacial score (nSPS) is 12.8. The third-order valence-electron chi connectivity index (χ3n) is 22.1. The number of hydrogen-bond donors (Lipinski definition) is 0. The molecule has 3 aromatic heterocycles. The van der Waals surface area contributed by atoms with Gasteiger partial charge in [0.15, 0.2) is 0 Å². The summed E-state index contributed by atoms with van der Waals surface area (Å²) < 4.78 is 15.7. The van der Waals surface area contributed by atoms with Crippen LogP contribution in [0, 0.1) is 0 Å². The predicted octanol–water partition coefficient (Wildman–Crippen LogP) is 25.3. The van der Waals surface area contributed by atoms with Crippen LogP contribution in [0.1, 0.15) is 52.7 Å². The molecule has 6 heteroatoms. The number of hydrogen-bond acceptors (Lipinski definition) is 4. The Labute approximate surface area is 605 Å². The first-order valence-corrected chi connectivity index (χ1v) is 36.3. The standard InChI is InChI=1S/C98H72BN3O2/c1-97(2,3)69-45-49-84-78(57-69)79-58-70(98(4,5)6)46-50-85(79)100(84)71-59-88-94-89(60-71)102(96-74(63-29-15-9-16-30-63)37-24-38-75(96)64-31-17-10-18-32-64)87-48-42-68(66-44-52-93-81(54-66)77-34-20-22-40-91(77)104-93)56-83(87)99(94)82-55-67(65-43-51-92-80(53-65)76-33-19-21-39-90(76)103-92)41-47-86(82)101(88)95-72(61-25-11-7-12-26-61)35-23-36-73(95)62-27-13-8-14-28-62/h7-60H,1-6H3. The second-order valence-corrected chi connectivity index (χ2v) is 30.3. The monoisotopic (exact) mass is 1330 g/mol. The van der Waals surface area contributed by atoms with Gasteiger partial charge in [0.05, 0.1) is 28.1 Å². The fourth-order valence-corrected chi connectivity index (χ4v) is 17.0. The molecule has 0 fully saturated rings. The molecule has 0 unspecified atom stereocenters. The smallest absolute Gasteiger partial charge is 0.252 e. The molecule has 0 saturated carbocycles. The Hall–Kier alpha value is -12.6. The number of furan rings is 2. The molecule has 0 saturated heterocycles. The number of nitrogens with zero attached hydrogens (tertiary/aromatic N) is 3. The number of benzene rings is 15. The van der Waals surface area contributed by atoms with Gasteiger partial charge < -0.3 is 23.2 Å². The third-order valence-corrected chi connectivity index (χ3v) is 22.1. The van der Waals surface area contributed by atoms with E-state index >= 15 is 0 Å². The van der Waals surface area contributed by atoms with Crippen molar-refractivity contribution in [1.82, 2.24) is 4.57 Å². The lowest BCUT2D eigenvalue weighted by Gasteiger charge is -2.46. The van der Waals surface area contributed by atoms with E-state index in [-0.39, 0.29) is 17.5 Å². The summed E-state index contributed by atoms with van der Waals surface area (Å²) in [6, 6.07) is 122. The topological polar surface area (TPSA) is 37.7 Å². The van der Waals surface area contributed by atoms with Crippen LogP contribution < -0.4 is 26.2 Å². The maximum atomic E-state index is 6.54. The Balaban J connectivity index is 0.970. The number of fused-ring (bicyclic) bond motifs is 13. The van der Waals surface area contributed by atoms with Crippen LogP contribution in [0.5, 0.6) is 0 Å². The van der Waals surface area contributed by atoms with Crippen molar-refractivity contribution in [3.63, 3.8) is 0 Å². The van der Waals surface area contributed by atoms with E-state index in [1.165, 1.54) is 38.3 Å². The van der Waals surface area contributed by atoms with Gasteiger partial charge in [-0.15, -0.1) is 0 Å². The minimum Gasteiger partial charge on any atom is -0.456 e. The van der Waals surface area contributed by atoms with Gasteiger partial charge in [-0.25, -0.2) is 0 Å². The molecule has 0 spiro atoms. The average molecular weight is 1330 g/mol. The molecule has 2 aliphatic rings. The van der Waals surface area contributed by atoms with Crippen LogP contribution in [-0.2, 0) is 10.8 Å². The Bertz CT molecular complexity index is 6000. The highest BCUT2D eigenvalue weighted by Gasteiger charge is 2.46. The van der Waals surface area contributed by atoms with Gasteiger partial charge in [-0.2, -0.15) is 0 Å². The summed E-state index contributed by atoms with van der Waals surface area (Å²) >= 11 is 0. The van der Waals surface area contributed by atoms with E-state index in [2.05, 4.69) is 383 Å². The average Bonchev–Trinajstić information content (AvgIpc) is 0.725. The summed E-state index contributed by atoms with van der Waals surface area (Å²) in [5, 5.41) is 6.85. The lowest BCUT2D eigenvalue weighted by molar-refractivity contribution is 0.590. The van der Waals surface area contributed by atoms with Crippen molar-refractivity contribution >= 4 is 123 Å². The van der Waals surface area contributed by atoms with Crippen LogP contribution in [0.3, 0.4) is 0 Å². The van der Waals surface area contributed by atoms with Crippen LogP contribution in [0.2, 0.25) is 0 Å². The molecule has 20 rings (SSSR count). The Morgan fingerprint density at radius 2 is 0.606 bits per heavy atom. The van der Waals surface area contributed by atoms with Crippen LogP contribution >= 0.6 is 0 Å². The van der Waals surface area contributed by atoms with Gasteiger partial charge in [0.2, 0.25) is 0 Å². The number of aromatic nitrogens is 1. The number of para-hydroxylation sites is 4. The van der Waals surface area contributed by atoms with E-state index in [0.717, 1.165) is 161 Å². The van der Waals surface area contributed by atoms with Crippen LogP contribution in [0.4, 0.5) is 34.1 Å². The van der Waals surface area contributed by atoms with Crippen LogP contribution in [0.15, 0.2) is 336 Å². The zero-order chi connectivity index (χ0) is 69.7. The number of anilines is 6. The first kappa shape index (κ1) is 61.3.